The summed E-state index contributed by atoms with van der Waals surface area (Å²) in [6.45, 7) is 5.07. The van der Waals surface area contributed by atoms with Gasteiger partial charge in [0.25, 0.3) is 5.91 Å². The third kappa shape index (κ3) is 3.76. The van der Waals surface area contributed by atoms with Crippen LogP contribution >= 0.6 is 0 Å². The average Bonchev–Trinajstić information content (AvgIpc) is 2.47. The van der Waals surface area contributed by atoms with Gasteiger partial charge in [0.15, 0.2) is 0 Å². The summed E-state index contributed by atoms with van der Waals surface area (Å²) in [5, 5.41) is 2.78. The molecule has 0 atom stereocenters. The summed E-state index contributed by atoms with van der Waals surface area (Å²) in [6, 6.07) is 5.14. The molecule has 0 spiro atoms. The Balaban J connectivity index is 2.30. The van der Waals surface area contributed by atoms with Gasteiger partial charge in [-0.2, -0.15) is 0 Å². The second-order valence-electron chi connectivity index (χ2n) is 6.32. The highest BCUT2D eigenvalue weighted by Gasteiger charge is 2.23. The zero-order valence-electron chi connectivity index (χ0n) is 13.2. The second kappa shape index (κ2) is 6.36. The summed E-state index contributed by atoms with van der Waals surface area (Å²) in [6.07, 6.45) is 3.37. The molecule has 5 N–H and O–H groups in total. The molecule has 120 valence electrons. The van der Waals surface area contributed by atoms with E-state index >= 15 is 0 Å². The van der Waals surface area contributed by atoms with Gasteiger partial charge < -0.3 is 21.7 Å². The minimum atomic E-state index is -0.965. The van der Waals surface area contributed by atoms with Crippen molar-refractivity contribution in [2.45, 2.75) is 38.6 Å². The molecular formula is C16H24N4O2. The highest BCUT2D eigenvalue weighted by atomic mass is 16.2. The van der Waals surface area contributed by atoms with E-state index in [-0.39, 0.29) is 5.91 Å². The Bertz CT molecular complexity index is 572. The molecule has 1 aliphatic heterocycles. The van der Waals surface area contributed by atoms with Gasteiger partial charge in [-0.3, -0.25) is 9.59 Å². The first-order valence-electron chi connectivity index (χ1n) is 7.58. The number of rotatable bonds is 4. The molecule has 0 saturated carbocycles. The molecule has 1 aliphatic rings. The molecule has 0 bridgehead atoms. The molecule has 6 nitrogen and oxygen atoms in total. The first kappa shape index (κ1) is 16.3. The molecule has 1 aromatic carbocycles. The van der Waals surface area contributed by atoms with Gasteiger partial charge in [-0.25, -0.2) is 0 Å². The zero-order valence-corrected chi connectivity index (χ0v) is 13.2. The quantitative estimate of drug-likeness (QED) is 0.783. The van der Waals surface area contributed by atoms with Gasteiger partial charge in [0.2, 0.25) is 5.91 Å². The number of carbonyl (C=O) groups is 2. The molecule has 1 fully saturated rings. The minimum absolute atomic E-state index is 0.274. The smallest absolute Gasteiger partial charge is 0.250 e. The average molecular weight is 304 g/mol. The van der Waals surface area contributed by atoms with E-state index in [0.29, 0.717) is 11.3 Å². The first-order valence-corrected chi connectivity index (χ1v) is 7.58. The highest BCUT2D eigenvalue weighted by molar-refractivity contribution is 6.01. The number of hydrogen-bond acceptors (Lipinski definition) is 4. The SMILES string of the molecule is CC(C)(N)C(=O)Nc1ccc(C(N)=O)c(N2CCCCC2)c1. The Morgan fingerprint density at radius 1 is 1.18 bits per heavy atom. The number of benzene rings is 1. The van der Waals surface area contributed by atoms with Crippen LogP contribution in [-0.4, -0.2) is 30.4 Å². The molecule has 0 unspecified atom stereocenters. The lowest BCUT2D eigenvalue weighted by Crippen LogP contribution is -2.45. The van der Waals surface area contributed by atoms with Crippen molar-refractivity contribution >= 4 is 23.2 Å². The Morgan fingerprint density at radius 2 is 1.82 bits per heavy atom. The van der Waals surface area contributed by atoms with E-state index in [1.54, 1.807) is 32.0 Å². The van der Waals surface area contributed by atoms with Gasteiger partial charge in [0, 0.05) is 18.8 Å². The Hall–Kier alpha value is -2.08. The maximum Gasteiger partial charge on any atom is 0.250 e. The monoisotopic (exact) mass is 304 g/mol. The van der Waals surface area contributed by atoms with Crippen LogP contribution in [0.5, 0.6) is 0 Å². The fourth-order valence-corrected chi connectivity index (χ4v) is 2.51. The summed E-state index contributed by atoms with van der Waals surface area (Å²) < 4.78 is 0. The molecule has 22 heavy (non-hydrogen) atoms. The van der Waals surface area contributed by atoms with Crippen LogP contribution < -0.4 is 21.7 Å². The van der Waals surface area contributed by atoms with Crippen LogP contribution in [0, 0.1) is 0 Å². The summed E-state index contributed by atoms with van der Waals surface area (Å²) in [4.78, 5) is 25.8. The predicted octanol–water partition coefficient (Wildman–Crippen LogP) is 1.45. The summed E-state index contributed by atoms with van der Waals surface area (Å²) >= 11 is 0. The van der Waals surface area contributed by atoms with Crippen molar-refractivity contribution < 1.29 is 9.59 Å². The van der Waals surface area contributed by atoms with Crippen LogP contribution in [0.15, 0.2) is 18.2 Å². The van der Waals surface area contributed by atoms with Crippen LogP contribution in [0.3, 0.4) is 0 Å². The Morgan fingerprint density at radius 3 is 2.36 bits per heavy atom. The van der Waals surface area contributed by atoms with Crippen molar-refractivity contribution in [1.82, 2.24) is 0 Å². The van der Waals surface area contributed by atoms with E-state index in [0.717, 1.165) is 31.6 Å². The van der Waals surface area contributed by atoms with Crippen molar-refractivity contribution in [2.75, 3.05) is 23.3 Å². The molecule has 1 saturated heterocycles. The number of nitrogens with two attached hydrogens (primary N) is 2. The number of nitrogens with zero attached hydrogens (tertiary/aromatic N) is 1. The predicted molar refractivity (Wildman–Crippen MR) is 87.9 cm³/mol. The van der Waals surface area contributed by atoms with Crippen LogP contribution in [0.2, 0.25) is 0 Å². The lowest BCUT2D eigenvalue weighted by atomic mass is 10.0. The molecule has 0 aromatic heterocycles. The zero-order chi connectivity index (χ0) is 16.3. The van der Waals surface area contributed by atoms with Crippen molar-refractivity contribution in [3.8, 4) is 0 Å². The summed E-state index contributed by atoms with van der Waals surface area (Å²) in [5.41, 5.74) is 12.2. The van der Waals surface area contributed by atoms with E-state index in [4.69, 9.17) is 11.5 Å². The standard InChI is InChI=1S/C16H24N4O2/c1-16(2,18)15(22)19-11-6-7-12(14(17)21)13(10-11)20-8-4-3-5-9-20/h6-7,10H,3-5,8-9,18H2,1-2H3,(H2,17,21)(H,19,22). The maximum atomic E-state index is 12.0. The number of primary amides is 1. The lowest BCUT2D eigenvalue weighted by Gasteiger charge is -2.30. The van der Waals surface area contributed by atoms with Crippen molar-refractivity contribution in [3.63, 3.8) is 0 Å². The number of amides is 2. The van der Waals surface area contributed by atoms with Gasteiger partial charge >= 0.3 is 0 Å². The van der Waals surface area contributed by atoms with Crippen molar-refractivity contribution in [2.24, 2.45) is 11.5 Å². The molecule has 2 rings (SSSR count). The number of nitrogens with one attached hydrogen (secondary N) is 1. The van der Waals surface area contributed by atoms with E-state index < -0.39 is 11.4 Å². The number of hydrogen-bond donors (Lipinski definition) is 3. The van der Waals surface area contributed by atoms with E-state index in [1.165, 1.54) is 6.42 Å². The lowest BCUT2D eigenvalue weighted by molar-refractivity contribution is -0.120. The van der Waals surface area contributed by atoms with E-state index in [1.807, 2.05) is 0 Å². The summed E-state index contributed by atoms with van der Waals surface area (Å²) in [7, 11) is 0. The van der Waals surface area contributed by atoms with Crippen molar-refractivity contribution in [1.29, 1.82) is 0 Å². The molecule has 6 heteroatoms. The number of piperidine rings is 1. The second-order valence-corrected chi connectivity index (χ2v) is 6.32. The highest BCUT2D eigenvalue weighted by Crippen LogP contribution is 2.27. The fraction of sp³-hybridized carbons (Fsp3) is 0.500. The Labute approximate surface area is 130 Å². The number of carbonyl (C=O) groups excluding carboxylic acids is 2. The van der Waals surface area contributed by atoms with E-state index in [2.05, 4.69) is 10.2 Å². The number of anilines is 2. The minimum Gasteiger partial charge on any atom is -0.371 e. The van der Waals surface area contributed by atoms with Gasteiger partial charge in [0.1, 0.15) is 0 Å². The molecule has 1 aromatic rings. The third-order valence-electron chi connectivity index (χ3n) is 3.80. The molecule has 2 amide bonds. The van der Waals surface area contributed by atoms with Crippen LogP contribution in [0.1, 0.15) is 43.5 Å². The molecular weight excluding hydrogens is 280 g/mol. The molecule has 0 radical (unpaired) electrons. The Kier molecular flexibility index (Phi) is 4.71. The molecule has 0 aliphatic carbocycles. The normalized spacial score (nSPS) is 15.5. The maximum absolute atomic E-state index is 12.0. The van der Waals surface area contributed by atoms with Crippen LogP contribution in [0.4, 0.5) is 11.4 Å². The topological polar surface area (TPSA) is 101 Å². The fourth-order valence-electron chi connectivity index (χ4n) is 2.51. The van der Waals surface area contributed by atoms with Gasteiger partial charge in [0.05, 0.1) is 16.8 Å². The van der Waals surface area contributed by atoms with Crippen molar-refractivity contribution in [3.05, 3.63) is 23.8 Å². The summed E-state index contributed by atoms with van der Waals surface area (Å²) in [5.74, 6) is -0.735. The van der Waals surface area contributed by atoms with Crippen LogP contribution in [-0.2, 0) is 4.79 Å². The van der Waals surface area contributed by atoms with Gasteiger partial charge in [-0.05, 0) is 51.3 Å². The van der Waals surface area contributed by atoms with Gasteiger partial charge in [-0.15, -0.1) is 0 Å². The molecule has 1 heterocycles. The first-order chi connectivity index (χ1) is 10.3. The van der Waals surface area contributed by atoms with Gasteiger partial charge in [-0.1, -0.05) is 0 Å². The van der Waals surface area contributed by atoms with E-state index in [9.17, 15) is 9.59 Å². The largest absolute Gasteiger partial charge is 0.371 e. The van der Waals surface area contributed by atoms with Crippen LogP contribution in [0.25, 0.3) is 0 Å². The third-order valence-corrected chi connectivity index (χ3v) is 3.80.